The lowest BCUT2D eigenvalue weighted by molar-refractivity contribution is -0.138. The third-order valence-electron chi connectivity index (χ3n) is 2.51. The average molecular weight is 269 g/mol. The van der Waals surface area contributed by atoms with Crippen molar-refractivity contribution in [1.29, 1.82) is 0 Å². The first-order valence-corrected chi connectivity index (χ1v) is 5.20. The number of carbonyl (C=O) groups is 1. The standard InChI is InChI=1S/C13H7F4NO/c14-10-3-1-8(2-4-10)9-5-11(13(15,16)17)12(7-19)18-6-9/h1-7H. The van der Waals surface area contributed by atoms with Gasteiger partial charge in [0.05, 0.1) is 5.56 Å². The molecule has 2 aromatic rings. The summed E-state index contributed by atoms with van der Waals surface area (Å²) in [7, 11) is 0. The van der Waals surface area contributed by atoms with Gasteiger partial charge in [-0.15, -0.1) is 0 Å². The van der Waals surface area contributed by atoms with Gasteiger partial charge in [0.1, 0.15) is 11.5 Å². The molecule has 98 valence electrons. The van der Waals surface area contributed by atoms with E-state index in [0.29, 0.717) is 5.56 Å². The highest BCUT2D eigenvalue weighted by molar-refractivity contribution is 5.76. The Morgan fingerprint density at radius 2 is 1.68 bits per heavy atom. The van der Waals surface area contributed by atoms with E-state index >= 15 is 0 Å². The van der Waals surface area contributed by atoms with Crippen molar-refractivity contribution in [3.8, 4) is 11.1 Å². The first-order valence-electron chi connectivity index (χ1n) is 5.20. The van der Waals surface area contributed by atoms with E-state index in [1.165, 1.54) is 12.1 Å². The summed E-state index contributed by atoms with van der Waals surface area (Å²) in [5, 5.41) is 0. The highest BCUT2D eigenvalue weighted by Crippen LogP contribution is 2.33. The van der Waals surface area contributed by atoms with Crippen molar-refractivity contribution in [3.05, 3.63) is 53.6 Å². The van der Waals surface area contributed by atoms with E-state index in [9.17, 15) is 22.4 Å². The molecule has 0 spiro atoms. The van der Waals surface area contributed by atoms with Crippen molar-refractivity contribution in [3.63, 3.8) is 0 Å². The number of aromatic nitrogens is 1. The number of hydrogen-bond donors (Lipinski definition) is 0. The van der Waals surface area contributed by atoms with Crippen LogP contribution in [0.1, 0.15) is 16.1 Å². The van der Waals surface area contributed by atoms with Gasteiger partial charge in [-0.3, -0.25) is 9.78 Å². The Morgan fingerprint density at radius 1 is 1.05 bits per heavy atom. The summed E-state index contributed by atoms with van der Waals surface area (Å²) >= 11 is 0. The van der Waals surface area contributed by atoms with Crippen molar-refractivity contribution in [1.82, 2.24) is 4.98 Å². The smallest absolute Gasteiger partial charge is 0.296 e. The molecule has 6 heteroatoms. The number of hydrogen-bond acceptors (Lipinski definition) is 2. The second-order valence-corrected chi connectivity index (χ2v) is 3.78. The van der Waals surface area contributed by atoms with Gasteiger partial charge in [0, 0.05) is 11.8 Å². The molecule has 0 amide bonds. The van der Waals surface area contributed by atoms with Gasteiger partial charge in [0.2, 0.25) is 0 Å². The van der Waals surface area contributed by atoms with Crippen molar-refractivity contribution in [2.45, 2.75) is 6.18 Å². The van der Waals surface area contributed by atoms with E-state index in [2.05, 4.69) is 4.98 Å². The van der Waals surface area contributed by atoms with Crippen LogP contribution >= 0.6 is 0 Å². The molecule has 0 radical (unpaired) electrons. The maximum Gasteiger partial charge on any atom is 0.418 e. The molecular formula is C13H7F4NO. The Bertz CT molecular complexity index is 605. The molecule has 0 aliphatic carbocycles. The minimum atomic E-state index is -4.67. The predicted molar refractivity (Wildman–Crippen MR) is 60.0 cm³/mol. The lowest BCUT2D eigenvalue weighted by atomic mass is 10.0. The zero-order chi connectivity index (χ0) is 14.0. The van der Waals surface area contributed by atoms with Crippen LogP contribution in [0, 0.1) is 5.82 Å². The molecule has 1 aromatic carbocycles. The van der Waals surface area contributed by atoms with Gasteiger partial charge in [-0.25, -0.2) is 4.39 Å². The number of carbonyl (C=O) groups excluding carboxylic acids is 1. The Hall–Kier alpha value is -2.24. The largest absolute Gasteiger partial charge is 0.418 e. The van der Waals surface area contributed by atoms with Gasteiger partial charge < -0.3 is 0 Å². The van der Waals surface area contributed by atoms with Gasteiger partial charge in [-0.05, 0) is 23.8 Å². The van der Waals surface area contributed by atoms with Crippen molar-refractivity contribution in [2.75, 3.05) is 0 Å². The topological polar surface area (TPSA) is 30.0 Å². The summed E-state index contributed by atoms with van der Waals surface area (Å²) in [5.41, 5.74) is -1.22. The molecule has 0 fully saturated rings. The highest BCUT2D eigenvalue weighted by atomic mass is 19.4. The number of nitrogens with zero attached hydrogens (tertiary/aromatic N) is 1. The molecule has 0 saturated heterocycles. The SMILES string of the molecule is O=Cc1ncc(-c2ccc(F)cc2)cc1C(F)(F)F. The van der Waals surface area contributed by atoms with Gasteiger partial charge in [0.15, 0.2) is 6.29 Å². The molecule has 1 aromatic heterocycles. The van der Waals surface area contributed by atoms with Crippen molar-refractivity contribution >= 4 is 6.29 Å². The summed E-state index contributed by atoms with van der Waals surface area (Å²) in [6.07, 6.45) is -3.47. The van der Waals surface area contributed by atoms with Crippen molar-refractivity contribution in [2.24, 2.45) is 0 Å². The van der Waals surface area contributed by atoms with Gasteiger partial charge in [-0.1, -0.05) is 12.1 Å². The first-order chi connectivity index (χ1) is 8.91. The zero-order valence-electron chi connectivity index (χ0n) is 9.41. The van der Waals surface area contributed by atoms with Crippen LogP contribution in [0.3, 0.4) is 0 Å². The molecule has 0 aliphatic heterocycles. The van der Waals surface area contributed by atoms with E-state index in [-0.39, 0.29) is 11.8 Å². The van der Waals surface area contributed by atoms with Crippen LogP contribution in [0.4, 0.5) is 17.6 Å². The van der Waals surface area contributed by atoms with E-state index < -0.39 is 23.3 Å². The molecular weight excluding hydrogens is 262 g/mol. The quantitative estimate of drug-likeness (QED) is 0.614. The normalized spacial score (nSPS) is 11.4. The molecule has 0 aliphatic rings. The third-order valence-corrected chi connectivity index (χ3v) is 2.51. The number of rotatable bonds is 2. The Labute approximate surface area is 105 Å². The number of pyridine rings is 1. The van der Waals surface area contributed by atoms with E-state index in [1.807, 2.05) is 0 Å². The fourth-order valence-corrected chi connectivity index (χ4v) is 1.60. The van der Waals surface area contributed by atoms with Crippen LogP contribution in [0.25, 0.3) is 11.1 Å². The van der Waals surface area contributed by atoms with Gasteiger partial charge >= 0.3 is 6.18 Å². The summed E-state index contributed by atoms with van der Waals surface area (Å²) < 4.78 is 51.0. The molecule has 0 saturated carbocycles. The summed E-state index contributed by atoms with van der Waals surface area (Å²) in [5.74, 6) is -0.489. The van der Waals surface area contributed by atoms with E-state index in [1.54, 1.807) is 0 Å². The lowest BCUT2D eigenvalue weighted by Gasteiger charge is -2.10. The maximum absolute atomic E-state index is 12.7. The maximum atomic E-state index is 12.7. The van der Waals surface area contributed by atoms with Crippen LogP contribution in [0.2, 0.25) is 0 Å². The van der Waals surface area contributed by atoms with Gasteiger partial charge in [-0.2, -0.15) is 13.2 Å². The molecule has 0 bridgehead atoms. The molecule has 19 heavy (non-hydrogen) atoms. The van der Waals surface area contributed by atoms with Crippen LogP contribution in [-0.2, 0) is 6.18 Å². The molecule has 1 heterocycles. The molecule has 0 N–H and O–H groups in total. The van der Waals surface area contributed by atoms with Crippen LogP contribution in [0.5, 0.6) is 0 Å². The predicted octanol–water partition coefficient (Wildman–Crippen LogP) is 3.72. The lowest BCUT2D eigenvalue weighted by Crippen LogP contribution is -2.10. The number of aldehydes is 1. The number of benzene rings is 1. The monoisotopic (exact) mass is 269 g/mol. The van der Waals surface area contributed by atoms with E-state index in [4.69, 9.17) is 0 Å². The molecule has 2 nitrogen and oxygen atoms in total. The summed E-state index contributed by atoms with van der Waals surface area (Å²) in [4.78, 5) is 14.0. The van der Waals surface area contributed by atoms with Crippen LogP contribution < -0.4 is 0 Å². The minimum Gasteiger partial charge on any atom is -0.296 e. The molecule has 0 atom stereocenters. The number of alkyl halides is 3. The fourth-order valence-electron chi connectivity index (χ4n) is 1.60. The number of halogens is 4. The van der Waals surface area contributed by atoms with Gasteiger partial charge in [0.25, 0.3) is 0 Å². The Kier molecular flexibility index (Phi) is 3.33. The highest BCUT2D eigenvalue weighted by Gasteiger charge is 2.34. The zero-order valence-corrected chi connectivity index (χ0v) is 9.41. The summed E-state index contributed by atoms with van der Waals surface area (Å²) in [6, 6.07) is 5.77. The van der Waals surface area contributed by atoms with Crippen LogP contribution in [-0.4, -0.2) is 11.3 Å². The third kappa shape index (κ3) is 2.78. The van der Waals surface area contributed by atoms with Crippen molar-refractivity contribution < 1.29 is 22.4 Å². The molecule has 2 rings (SSSR count). The average Bonchev–Trinajstić information content (AvgIpc) is 2.38. The summed E-state index contributed by atoms with van der Waals surface area (Å²) in [6.45, 7) is 0. The first kappa shape index (κ1) is 13.2. The minimum absolute atomic E-state index is 0.0528. The van der Waals surface area contributed by atoms with Crippen LogP contribution in [0.15, 0.2) is 36.5 Å². The Balaban J connectivity index is 2.55. The Morgan fingerprint density at radius 3 is 2.21 bits per heavy atom. The molecule has 0 unspecified atom stereocenters. The second-order valence-electron chi connectivity index (χ2n) is 3.78. The fraction of sp³-hybridized carbons (Fsp3) is 0.0769. The van der Waals surface area contributed by atoms with E-state index in [0.717, 1.165) is 24.4 Å². The second kappa shape index (κ2) is 4.79.